The molecule has 6 heteroatoms. The van der Waals surface area contributed by atoms with Gasteiger partial charge >= 0.3 is 0 Å². The van der Waals surface area contributed by atoms with Crippen LogP contribution in [0.5, 0.6) is 0 Å². The first-order valence-corrected chi connectivity index (χ1v) is 9.82. The number of rotatable bonds is 3. The Morgan fingerprint density at radius 1 is 1.13 bits per heavy atom. The van der Waals surface area contributed by atoms with Gasteiger partial charge in [-0.05, 0) is 50.7 Å². The van der Waals surface area contributed by atoms with Crippen LogP contribution in [-0.2, 0) is 11.3 Å². The van der Waals surface area contributed by atoms with Crippen LogP contribution >= 0.6 is 11.8 Å². The Balaban J connectivity index is 1.52. The molecule has 23 heavy (non-hydrogen) atoms. The van der Waals surface area contributed by atoms with Gasteiger partial charge in [0.1, 0.15) is 6.54 Å². The predicted molar refractivity (Wildman–Crippen MR) is 94.9 cm³/mol. The molecular formula is C17H28N4OS. The number of hydrogen-bond donors (Lipinski definition) is 0. The van der Waals surface area contributed by atoms with Crippen LogP contribution in [0.4, 0.5) is 0 Å². The summed E-state index contributed by atoms with van der Waals surface area (Å²) in [5, 5.41) is 4.49. The Morgan fingerprint density at radius 3 is 2.35 bits per heavy atom. The van der Waals surface area contributed by atoms with Crippen molar-refractivity contribution in [3.05, 3.63) is 17.0 Å². The molecule has 2 aliphatic rings. The molecule has 0 bridgehead atoms. The summed E-state index contributed by atoms with van der Waals surface area (Å²) in [6, 6.07) is 0.743. The molecule has 1 aromatic heterocycles. The maximum absolute atomic E-state index is 12.6. The van der Waals surface area contributed by atoms with Crippen LogP contribution in [0.15, 0.2) is 0 Å². The van der Waals surface area contributed by atoms with Crippen LogP contribution in [0.3, 0.4) is 0 Å². The molecule has 0 unspecified atom stereocenters. The quantitative estimate of drug-likeness (QED) is 0.845. The van der Waals surface area contributed by atoms with Crippen molar-refractivity contribution < 1.29 is 4.79 Å². The Morgan fingerprint density at radius 2 is 1.78 bits per heavy atom. The second-order valence-corrected chi connectivity index (χ2v) is 7.94. The number of thioether (sulfide) groups is 1. The Hall–Kier alpha value is -1.01. The smallest absolute Gasteiger partial charge is 0.244 e. The van der Waals surface area contributed by atoms with Gasteiger partial charge in [0.25, 0.3) is 0 Å². The average Bonchev–Trinajstić information content (AvgIpc) is 2.83. The summed E-state index contributed by atoms with van der Waals surface area (Å²) in [5.41, 5.74) is 3.32. The van der Waals surface area contributed by atoms with E-state index in [1.165, 1.54) is 29.9 Å². The third-order valence-corrected chi connectivity index (χ3v) is 6.45. The maximum Gasteiger partial charge on any atom is 0.244 e. The van der Waals surface area contributed by atoms with E-state index in [0.717, 1.165) is 43.6 Å². The van der Waals surface area contributed by atoms with Crippen LogP contribution in [0.25, 0.3) is 0 Å². The first kappa shape index (κ1) is 16.8. The number of carbonyl (C=O) groups excluding carboxylic acids is 1. The zero-order chi connectivity index (χ0) is 16.4. The lowest BCUT2D eigenvalue weighted by Crippen LogP contribution is -2.53. The fraction of sp³-hybridized carbons (Fsp3) is 0.765. The molecular weight excluding hydrogens is 308 g/mol. The molecule has 2 aliphatic heterocycles. The monoisotopic (exact) mass is 336 g/mol. The minimum Gasteiger partial charge on any atom is -0.339 e. The van der Waals surface area contributed by atoms with E-state index in [1.54, 1.807) is 0 Å². The number of hydrogen-bond acceptors (Lipinski definition) is 4. The van der Waals surface area contributed by atoms with Gasteiger partial charge in [0.15, 0.2) is 0 Å². The van der Waals surface area contributed by atoms with Crippen molar-refractivity contribution >= 4 is 17.7 Å². The molecule has 0 N–H and O–H groups in total. The van der Waals surface area contributed by atoms with Crippen molar-refractivity contribution in [3.8, 4) is 0 Å². The minimum absolute atomic E-state index is 0.203. The lowest BCUT2D eigenvalue weighted by Gasteiger charge is -2.40. The van der Waals surface area contributed by atoms with E-state index in [-0.39, 0.29) is 5.91 Å². The first-order chi connectivity index (χ1) is 11.1. The van der Waals surface area contributed by atoms with Gasteiger partial charge in [0, 0.05) is 37.9 Å². The Labute approximate surface area is 143 Å². The number of aromatic nitrogens is 2. The zero-order valence-corrected chi connectivity index (χ0v) is 15.4. The van der Waals surface area contributed by atoms with E-state index in [9.17, 15) is 4.79 Å². The van der Waals surface area contributed by atoms with Crippen molar-refractivity contribution in [2.24, 2.45) is 0 Å². The highest BCUT2D eigenvalue weighted by molar-refractivity contribution is 7.99. The molecule has 1 amide bonds. The molecule has 0 spiro atoms. The number of amides is 1. The highest BCUT2D eigenvalue weighted by atomic mass is 32.2. The van der Waals surface area contributed by atoms with Crippen molar-refractivity contribution in [2.75, 3.05) is 37.7 Å². The number of nitrogens with zero attached hydrogens (tertiary/aromatic N) is 4. The molecule has 0 aromatic carbocycles. The van der Waals surface area contributed by atoms with E-state index in [2.05, 4.69) is 28.7 Å². The molecule has 3 heterocycles. The lowest BCUT2D eigenvalue weighted by atomic mass is 10.1. The Kier molecular flexibility index (Phi) is 5.31. The van der Waals surface area contributed by atoms with Crippen LogP contribution in [0, 0.1) is 20.8 Å². The van der Waals surface area contributed by atoms with Gasteiger partial charge < -0.3 is 4.90 Å². The second-order valence-electron chi connectivity index (χ2n) is 6.71. The van der Waals surface area contributed by atoms with Crippen molar-refractivity contribution in [3.63, 3.8) is 0 Å². The summed E-state index contributed by atoms with van der Waals surface area (Å²) < 4.78 is 1.86. The fourth-order valence-electron chi connectivity index (χ4n) is 3.56. The molecule has 2 fully saturated rings. The fourth-order valence-corrected chi connectivity index (χ4v) is 4.64. The van der Waals surface area contributed by atoms with Gasteiger partial charge in [0.05, 0.1) is 5.69 Å². The topological polar surface area (TPSA) is 41.4 Å². The highest BCUT2D eigenvalue weighted by Gasteiger charge is 2.27. The number of aryl methyl sites for hydroxylation is 1. The van der Waals surface area contributed by atoms with Gasteiger partial charge in [-0.3, -0.25) is 14.4 Å². The van der Waals surface area contributed by atoms with Crippen LogP contribution in [0.2, 0.25) is 0 Å². The highest BCUT2D eigenvalue weighted by Crippen LogP contribution is 2.22. The predicted octanol–water partition coefficient (Wildman–Crippen LogP) is 1.85. The zero-order valence-electron chi connectivity index (χ0n) is 14.5. The molecule has 5 nitrogen and oxygen atoms in total. The van der Waals surface area contributed by atoms with Gasteiger partial charge in [-0.15, -0.1) is 0 Å². The summed E-state index contributed by atoms with van der Waals surface area (Å²) in [6.45, 7) is 10.3. The summed E-state index contributed by atoms with van der Waals surface area (Å²) in [7, 11) is 0. The largest absolute Gasteiger partial charge is 0.339 e. The molecule has 2 saturated heterocycles. The molecule has 0 aliphatic carbocycles. The maximum atomic E-state index is 12.6. The number of piperazine rings is 1. The molecule has 0 radical (unpaired) electrons. The van der Waals surface area contributed by atoms with Crippen LogP contribution in [-0.4, -0.2) is 69.2 Å². The third-order valence-electron chi connectivity index (χ3n) is 5.40. The standard InChI is InChI=1S/C17H28N4OS/c1-13-14(2)18-21(15(13)3)12-17(22)20-8-6-19(7-9-20)16-4-10-23-11-5-16/h16H,4-12H2,1-3H3. The van der Waals surface area contributed by atoms with E-state index < -0.39 is 0 Å². The summed E-state index contributed by atoms with van der Waals surface area (Å²) in [6.07, 6.45) is 2.62. The molecule has 1 aromatic rings. The summed E-state index contributed by atoms with van der Waals surface area (Å²) in [5.74, 6) is 2.79. The number of carbonyl (C=O) groups is 1. The molecule has 0 atom stereocenters. The van der Waals surface area contributed by atoms with E-state index >= 15 is 0 Å². The average molecular weight is 337 g/mol. The lowest BCUT2D eigenvalue weighted by molar-refractivity contribution is -0.134. The second kappa shape index (κ2) is 7.26. The van der Waals surface area contributed by atoms with Crippen LogP contribution in [0.1, 0.15) is 29.8 Å². The molecule has 3 rings (SSSR count). The van der Waals surface area contributed by atoms with Crippen molar-refractivity contribution in [2.45, 2.75) is 46.2 Å². The van der Waals surface area contributed by atoms with Gasteiger partial charge in [-0.1, -0.05) is 0 Å². The van der Waals surface area contributed by atoms with E-state index in [4.69, 9.17) is 0 Å². The normalized spacial score (nSPS) is 20.9. The molecule has 0 saturated carbocycles. The minimum atomic E-state index is 0.203. The van der Waals surface area contributed by atoms with Crippen LogP contribution < -0.4 is 0 Å². The molecule has 128 valence electrons. The summed E-state index contributed by atoms with van der Waals surface area (Å²) >= 11 is 2.07. The Bertz CT molecular complexity index is 557. The van der Waals surface area contributed by atoms with Crippen molar-refractivity contribution in [1.82, 2.24) is 19.6 Å². The van der Waals surface area contributed by atoms with Gasteiger partial charge in [-0.25, -0.2) is 0 Å². The van der Waals surface area contributed by atoms with E-state index in [0.29, 0.717) is 6.54 Å². The van der Waals surface area contributed by atoms with Gasteiger partial charge in [0.2, 0.25) is 5.91 Å². The third kappa shape index (κ3) is 3.74. The van der Waals surface area contributed by atoms with Gasteiger partial charge in [-0.2, -0.15) is 16.9 Å². The summed E-state index contributed by atoms with van der Waals surface area (Å²) in [4.78, 5) is 17.2. The SMILES string of the molecule is Cc1nn(CC(=O)N2CCN(C3CCSCC3)CC2)c(C)c1C. The van der Waals surface area contributed by atoms with E-state index in [1.807, 2.05) is 23.4 Å². The van der Waals surface area contributed by atoms with Crippen molar-refractivity contribution in [1.29, 1.82) is 0 Å². The first-order valence-electron chi connectivity index (χ1n) is 8.66.